The number of benzene rings is 3. The maximum absolute atomic E-state index is 14.2. The minimum atomic E-state index is -4.02. The molecule has 0 unspecified atom stereocenters. The monoisotopic (exact) mass is 400 g/mol. The fourth-order valence-corrected chi connectivity index (χ4v) is 2.51. The summed E-state index contributed by atoms with van der Waals surface area (Å²) in [6, 6.07) is 7.23. The molecule has 146 valence electrons. The van der Waals surface area contributed by atoms with E-state index in [1.54, 1.807) is 0 Å². The summed E-state index contributed by atoms with van der Waals surface area (Å²) in [6.45, 7) is 1.38. The van der Waals surface area contributed by atoms with E-state index < -0.39 is 46.5 Å². The second-order valence-corrected chi connectivity index (χ2v) is 5.96. The van der Waals surface area contributed by atoms with Crippen molar-refractivity contribution in [3.63, 3.8) is 0 Å². The van der Waals surface area contributed by atoms with Gasteiger partial charge in [0.05, 0.1) is 5.56 Å². The van der Waals surface area contributed by atoms with Crippen LogP contribution in [0, 0.1) is 36.0 Å². The fraction of sp³-hybridized carbons (Fsp3) is 0.100. The van der Waals surface area contributed by atoms with Crippen LogP contribution in [0.25, 0.3) is 11.1 Å². The van der Waals surface area contributed by atoms with Gasteiger partial charge in [0.25, 0.3) is 0 Å². The van der Waals surface area contributed by atoms with E-state index in [2.05, 4.69) is 4.74 Å². The highest BCUT2D eigenvalue weighted by molar-refractivity contribution is 5.65. The molecule has 0 fully saturated rings. The van der Waals surface area contributed by atoms with Gasteiger partial charge in [-0.2, -0.15) is 8.78 Å². The second-order valence-electron chi connectivity index (χ2n) is 5.96. The van der Waals surface area contributed by atoms with Crippen molar-refractivity contribution in [3.05, 3.63) is 88.7 Å². The first kappa shape index (κ1) is 19.7. The predicted molar refractivity (Wildman–Crippen MR) is 87.4 cm³/mol. The highest BCUT2D eigenvalue weighted by Gasteiger charge is 2.35. The largest absolute Gasteiger partial charge is 0.429 e. The van der Waals surface area contributed by atoms with Crippen molar-refractivity contribution < 1.29 is 35.5 Å². The molecule has 1 nitrogen and oxygen atoms in total. The summed E-state index contributed by atoms with van der Waals surface area (Å²) >= 11 is 0. The van der Waals surface area contributed by atoms with Gasteiger partial charge in [0.15, 0.2) is 29.1 Å². The highest BCUT2D eigenvalue weighted by atomic mass is 19.3. The van der Waals surface area contributed by atoms with Crippen LogP contribution < -0.4 is 4.74 Å². The summed E-state index contributed by atoms with van der Waals surface area (Å²) in [4.78, 5) is 0. The van der Waals surface area contributed by atoms with Gasteiger partial charge in [0, 0.05) is 17.7 Å². The lowest BCUT2D eigenvalue weighted by atomic mass is 10.0. The third-order valence-electron chi connectivity index (χ3n) is 4.01. The van der Waals surface area contributed by atoms with Crippen LogP contribution in [0.3, 0.4) is 0 Å². The Morgan fingerprint density at radius 3 is 1.86 bits per heavy atom. The van der Waals surface area contributed by atoms with Crippen LogP contribution in [0.1, 0.15) is 11.1 Å². The Morgan fingerprint density at radius 2 is 1.29 bits per heavy atom. The quantitative estimate of drug-likeness (QED) is 0.360. The maximum atomic E-state index is 14.2. The summed E-state index contributed by atoms with van der Waals surface area (Å²) in [5, 5.41) is 0. The van der Waals surface area contributed by atoms with Gasteiger partial charge < -0.3 is 4.74 Å². The first-order valence-corrected chi connectivity index (χ1v) is 7.87. The Morgan fingerprint density at radius 1 is 0.714 bits per heavy atom. The van der Waals surface area contributed by atoms with Crippen LogP contribution in [-0.2, 0) is 6.11 Å². The number of alkyl halides is 2. The Labute approximate surface area is 155 Å². The number of halogens is 7. The Kier molecular flexibility index (Phi) is 5.06. The van der Waals surface area contributed by atoms with Crippen LogP contribution in [0.15, 0.2) is 48.5 Å². The molecule has 3 aromatic rings. The van der Waals surface area contributed by atoms with Gasteiger partial charge >= 0.3 is 6.11 Å². The Bertz CT molecular complexity index is 1010. The van der Waals surface area contributed by atoms with Crippen LogP contribution in [0.2, 0.25) is 0 Å². The third kappa shape index (κ3) is 3.67. The first-order valence-electron chi connectivity index (χ1n) is 7.87. The smallest absolute Gasteiger partial charge is 0.426 e. The van der Waals surface area contributed by atoms with Crippen molar-refractivity contribution in [1.82, 2.24) is 0 Å². The van der Waals surface area contributed by atoms with Crippen molar-refractivity contribution in [1.29, 1.82) is 0 Å². The van der Waals surface area contributed by atoms with Gasteiger partial charge in [-0.15, -0.1) is 0 Å². The molecule has 0 radical (unpaired) electrons. The van der Waals surface area contributed by atoms with Gasteiger partial charge in [0.2, 0.25) is 0 Å². The topological polar surface area (TPSA) is 9.23 Å². The predicted octanol–water partition coefficient (Wildman–Crippen LogP) is 6.49. The molecular weight excluding hydrogens is 389 g/mol. The summed E-state index contributed by atoms with van der Waals surface area (Å²) in [6.07, 6.45) is -4.02. The van der Waals surface area contributed by atoms with Crippen molar-refractivity contribution in [2.24, 2.45) is 0 Å². The van der Waals surface area contributed by atoms with Crippen LogP contribution in [-0.4, -0.2) is 0 Å². The van der Waals surface area contributed by atoms with Crippen LogP contribution in [0.5, 0.6) is 5.75 Å². The zero-order chi connectivity index (χ0) is 20.6. The molecule has 28 heavy (non-hydrogen) atoms. The molecule has 0 saturated carbocycles. The number of ether oxygens (including phenoxy) is 1. The first-order chi connectivity index (χ1) is 13.1. The molecule has 0 amide bonds. The number of aryl methyl sites for hydroxylation is 1. The zero-order valence-corrected chi connectivity index (χ0v) is 14.2. The van der Waals surface area contributed by atoms with Gasteiger partial charge in [-0.25, -0.2) is 22.0 Å². The van der Waals surface area contributed by atoms with E-state index in [1.807, 2.05) is 0 Å². The average Bonchev–Trinajstić information content (AvgIpc) is 2.64. The molecular formula is C20H11F7O. The van der Waals surface area contributed by atoms with E-state index in [9.17, 15) is 30.7 Å². The van der Waals surface area contributed by atoms with E-state index in [4.69, 9.17) is 0 Å². The molecule has 8 heteroatoms. The van der Waals surface area contributed by atoms with Crippen molar-refractivity contribution >= 4 is 0 Å². The van der Waals surface area contributed by atoms with Gasteiger partial charge in [-0.1, -0.05) is 24.3 Å². The molecule has 0 aliphatic rings. The lowest BCUT2D eigenvalue weighted by Crippen LogP contribution is -2.22. The summed E-state index contributed by atoms with van der Waals surface area (Å²) in [7, 11) is 0. The number of hydrogen-bond acceptors (Lipinski definition) is 1. The molecule has 0 heterocycles. The number of rotatable bonds is 4. The van der Waals surface area contributed by atoms with E-state index >= 15 is 0 Å². The molecule has 0 bridgehead atoms. The minimum absolute atomic E-state index is 0.0940. The van der Waals surface area contributed by atoms with E-state index in [0.29, 0.717) is 0 Å². The standard InChI is InChI=1S/C20H11F7O/c1-10-2-7-14(18(24)17(10)23)11-3-5-12(6-4-11)20(26,27)28-13-8-15(21)19(25)16(22)9-13/h2-9H,1H3. The molecule has 0 aliphatic heterocycles. The van der Waals surface area contributed by atoms with Gasteiger partial charge in [-0.3, -0.25) is 0 Å². The molecule has 0 N–H and O–H groups in total. The normalized spacial score (nSPS) is 11.6. The summed E-state index contributed by atoms with van der Waals surface area (Å²) < 4.78 is 99.7. The summed E-state index contributed by atoms with van der Waals surface area (Å²) in [5.74, 6) is -8.26. The van der Waals surface area contributed by atoms with Crippen LogP contribution >= 0.6 is 0 Å². The lowest BCUT2D eigenvalue weighted by molar-refractivity contribution is -0.185. The number of hydrogen-bond donors (Lipinski definition) is 0. The molecule has 3 rings (SSSR count). The highest BCUT2D eigenvalue weighted by Crippen LogP contribution is 2.34. The van der Waals surface area contributed by atoms with Crippen molar-refractivity contribution in [2.45, 2.75) is 13.0 Å². The summed E-state index contributed by atoms with van der Waals surface area (Å²) in [5.41, 5.74) is -0.609. The van der Waals surface area contributed by atoms with Crippen molar-refractivity contribution in [3.8, 4) is 16.9 Å². The van der Waals surface area contributed by atoms with Crippen LogP contribution in [0.4, 0.5) is 30.7 Å². The molecule has 3 aromatic carbocycles. The lowest BCUT2D eigenvalue weighted by Gasteiger charge is -2.19. The molecule has 0 aromatic heterocycles. The molecule has 0 atom stereocenters. The zero-order valence-electron chi connectivity index (χ0n) is 14.2. The molecule has 0 spiro atoms. The SMILES string of the molecule is Cc1ccc(-c2ccc(C(F)(F)Oc3cc(F)c(F)c(F)c3)cc2)c(F)c1F. The molecule has 0 aliphatic carbocycles. The Hall–Kier alpha value is -3.03. The third-order valence-corrected chi connectivity index (χ3v) is 4.01. The van der Waals surface area contributed by atoms with E-state index in [1.165, 1.54) is 19.1 Å². The van der Waals surface area contributed by atoms with E-state index in [-0.39, 0.29) is 28.8 Å². The average molecular weight is 400 g/mol. The van der Waals surface area contributed by atoms with E-state index in [0.717, 1.165) is 24.3 Å². The fourth-order valence-electron chi connectivity index (χ4n) is 2.51. The maximum Gasteiger partial charge on any atom is 0.426 e. The molecule has 0 saturated heterocycles. The van der Waals surface area contributed by atoms with Gasteiger partial charge in [0.1, 0.15) is 5.75 Å². The second kappa shape index (κ2) is 7.18. The van der Waals surface area contributed by atoms with Crippen molar-refractivity contribution in [2.75, 3.05) is 0 Å². The minimum Gasteiger partial charge on any atom is -0.429 e. The van der Waals surface area contributed by atoms with Gasteiger partial charge in [-0.05, 0) is 30.2 Å². The Balaban J connectivity index is 1.89.